The molecule has 1 rings (SSSR count). The Morgan fingerprint density at radius 2 is 2.25 bits per heavy atom. The molecule has 0 aliphatic heterocycles. The second-order valence-corrected chi connectivity index (χ2v) is 5.45. The van der Waals surface area contributed by atoms with Gasteiger partial charge in [-0.05, 0) is 30.4 Å². The van der Waals surface area contributed by atoms with Crippen molar-refractivity contribution in [2.45, 2.75) is 18.9 Å². The van der Waals surface area contributed by atoms with Crippen molar-refractivity contribution >= 4 is 29.0 Å². The highest BCUT2D eigenvalue weighted by molar-refractivity contribution is 7.99. The van der Waals surface area contributed by atoms with Crippen LogP contribution in [0.15, 0.2) is 18.2 Å². The van der Waals surface area contributed by atoms with Gasteiger partial charge in [0.2, 0.25) is 5.91 Å². The molecule has 0 aromatic heterocycles. The topological polar surface area (TPSA) is 95.6 Å². The van der Waals surface area contributed by atoms with E-state index in [1.807, 2.05) is 0 Å². The van der Waals surface area contributed by atoms with Crippen LogP contribution in [0, 0.1) is 5.82 Å². The van der Waals surface area contributed by atoms with Gasteiger partial charge in [0.05, 0.1) is 18.4 Å². The first kappa shape index (κ1) is 16.7. The van der Waals surface area contributed by atoms with Crippen LogP contribution in [0.3, 0.4) is 0 Å². The molecule has 1 aromatic carbocycles. The minimum Gasteiger partial charge on any atom is -0.399 e. The van der Waals surface area contributed by atoms with Gasteiger partial charge in [-0.3, -0.25) is 4.79 Å². The van der Waals surface area contributed by atoms with Crippen LogP contribution in [-0.4, -0.2) is 40.3 Å². The number of nitrogens with two attached hydrogens (primary N) is 1. The Balaban J connectivity index is 2.25. The number of aliphatic hydroxyl groups is 2. The lowest BCUT2D eigenvalue weighted by atomic mass is 10.2. The van der Waals surface area contributed by atoms with E-state index in [1.54, 1.807) is 0 Å². The molecule has 0 aliphatic rings. The number of carbonyl (C=O) groups is 1. The third kappa shape index (κ3) is 6.23. The zero-order chi connectivity index (χ0) is 15.0. The van der Waals surface area contributed by atoms with Gasteiger partial charge in [-0.1, -0.05) is 0 Å². The largest absolute Gasteiger partial charge is 0.399 e. The van der Waals surface area contributed by atoms with E-state index in [-0.39, 0.29) is 24.6 Å². The van der Waals surface area contributed by atoms with Crippen molar-refractivity contribution in [3.05, 3.63) is 24.0 Å². The van der Waals surface area contributed by atoms with Gasteiger partial charge in [0.15, 0.2) is 0 Å². The molecule has 5 N–H and O–H groups in total. The number of thioether (sulfide) groups is 1. The molecule has 0 aliphatic carbocycles. The second-order valence-electron chi connectivity index (χ2n) is 4.30. The molecular weight excluding hydrogens is 283 g/mol. The van der Waals surface area contributed by atoms with Gasteiger partial charge in [-0.15, -0.1) is 0 Å². The van der Waals surface area contributed by atoms with Crippen molar-refractivity contribution in [2.75, 3.05) is 29.2 Å². The number of carbonyl (C=O) groups excluding carboxylic acids is 1. The summed E-state index contributed by atoms with van der Waals surface area (Å²) in [6.07, 6.45) is 0.143. The molecule has 0 saturated heterocycles. The molecule has 0 fully saturated rings. The van der Waals surface area contributed by atoms with Crippen LogP contribution >= 0.6 is 11.8 Å². The van der Waals surface area contributed by atoms with E-state index in [9.17, 15) is 9.18 Å². The molecule has 112 valence electrons. The summed E-state index contributed by atoms with van der Waals surface area (Å²) in [4.78, 5) is 11.6. The number of amides is 1. The Labute approximate surface area is 121 Å². The van der Waals surface area contributed by atoms with Crippen LogP contribution in [0.5, 0.6) is 0 Å². The minimum atomic E-state index is -0.727. The first-order chi connectivity index (χ1) is 9.52. The number of hydrogen-bond acceptors (Lipinski definition) is 5. The fourth-order valence-corrected chi connectivity index (χ4v) is 2.35. The molecule has 7 heteroatoms. The molecular formula is C13H19FN2O3S. The van der Waals surface area contributed by atoms with E-state index in [0.717, 1.165) is 0 Å². The quantitative estimate of drug-likeness (QED) is 0.428. The van der Waals surface area contributed by atoms with Crippen LogP contribution < -0.4 is 11.1 Å². The summed E-state index contributed by atoms with van der Waals surface area (Å²) in [7, 11) is 0. The van der Waals surface area contributed by atoms with E-state index in [0.29, 0.717) is 23.6 Å². The van der Waals surface area contributed by atoms with E-state index < -0.39 is 11.9 Å². The van der Waals surface area contributed by atoms with E-state index in [2.05, 4.69) is 5.32 Å². The van der Waals surface area contributed by atoms with Gasteiger partial charge in [0, 0.05) is 17.9 Å². The monoisotopic (exact) mass is 302 g/mol. The zero-order valence-corrected chi connectivity index (χ0v) is 11.8. The third-order valence-electron chi connectivity index (χ3n) is 2.48. The molecule has 0 radical (unpaired) electrons. The maximum absolute atomic E-state index is 13.4. The van der Waals surface area contributed by atoms with Gasteiger partial charge < -0.3 is 21.3 Å². The second kappa shape index (κ2) is 8.78. The molecule has 1 aromatic rings. The van der Waals surface area contributed by atoms with E-state index >= 15 is 0 Å². The molecule has 0 spiro atoms. The lowest BCUT2D eigenvalue weighted by Gasteiger charge is -2.08. The van der Waals surface area contributed by atoms with Crippen molar-refractivity contribution in [3.8, 4) is 0 Å². The number of anilines is 2. The molecule has 0 bridgehead atoms. The summed E-state index contributed by atoms with van der Waals surface area (Å²) in [5.41, 5.74) is 5.99. The van der Waals surface area contributed by atoms with Crippen molar-refractivity contribution in [1.29, 1.82) is 0 Å². The van der Waals surface area contributed by atoms with Gasteiger partial charge in [0.25, 0.3) is 0 Å². The lowest BCUT2D eigenvalue weighted by Crippen LogP contribution is -2.15. The molecule has 0 saturated carbocycles. The van der Waals surface area contributed by atoms with Crippen LogP contribution in [0.1, 0.15) is 12.8 Å². The molecule has 1 unspecified atom stereocenters. The van der Waals surface area contributed by atoms with Crippen LogP contribution in [0.25, 0.3) is 0 Å². The average molecular weight is 302 g/mol. The van der Waals surface area contributed by atoms with Gasteiger partial charge >= 0.3 is 0 Å². The predicted molar refractivity (Wildman–Crippen MR) is 79.1 cm³/mol. The van der Waals surface area contributed by atoms with Gasteiger partial charge in [-0.25, -0.2) is 4.39 Å². The van der Waals surface area contributed by atoms with Crippen molar-refractivity contribution in [2.24, 2.45) is 0 Å². The maximum Gasteiger partial charge on any atom is 0.224 e. The Kier molecular flexibility index (Phi) is 7.35. The number of rotatable bonds is 8. The Morgan fingerprint density at radius 3 is 2.95 bits per heavy atom. The predicted octanol–water partition coefficient (Wildman–Crippen LogP) is 1.21. The van der Waals surface area contributed by atoms with Crippen molar-refractivity contribution in [3.63, 3.8) is 0 Å². The fraction of sp³-hybridized carbons (Fsp3) is 0.462. The summed E-state index contributed by atoms with van der Waals surface area (Å²) in [5.74, 6) is 0.317. The summed E-state index contributed by atoms with van der Waals surface area (Å²) in [5, 5.41) is 20.2. The highest BCUT2D eigenvalue weighted by Gasteiger charge is 2.08. The Hall–Kier alpha value is -1.31. The minimum absolute atomic E-state index is 0.0818. The summed E-state index contributed by atoms with van der Waals surface area (Å²) < 4.78 is 13.4. The van der Waals surface area contributed by atoms with Gasteiger partial charge in [0.1, 0.15) is 5.82 Å². The Bertz CT molecular complexity index is 446. The number of halogens is 1. The number of nitrogen functional groups attached to an aromatic ring is 1. The fourth-order valence-electron chi connectivity index (χ4n) is 1.46. The number of hydrogen-bond donors (Lipinski definition) is 4. The summed E-state index contributed by atoms with van der Waals surface area (Å²) in [6, 6.07) is 4.00. The van der Waals surface area contributed by atoms with Crippen LogP contribution in [0.2, 0.25) is 0 Å². The highest BCUT2D eigenvalue weighted by atomic mass is 32.2. The number of aliphatic hydroxyl groups excluding tert-OH is 2. The smallest absolute Gasteiger partial charge is 0.224 e. The van der Waals surface area contributed by atoms with Crippen molar-refractivity contribution in [1.82, 2.24) is 0 Å². The van der Waals surface area contributed by atoms with Crippen LogP contribution in [-0.2, 0) is 4.79 Å². The maximum atomic E-state index is 13.4. The third-order valence-corrected chi connectivity index (χ3v) is 3.68. The SMILES string of the molecule is Nc1ccc(F)c(NC(=O)CCCSCC(O)CO)c1. The number of benzene rings is 1. The molecule has 0 heterocycles. The molecule has 5 nitrogen and oxygen atoms in total. The van der Waals surface area contributed by atoms with E-state index in [4.69, 9.17) is 15.9 Å². The van der Waals surface area contributed by atoms with E-state index in [1.165, 1.54) is 30.0 Å². The average Bonchev–Trinajstić information content (AvgIpc) is 2.42. The molecule has 20 heavy (non-hydrogen) atoms. The molecule has 1 atom stereocenters. The first-order valence-electron chi connectivity index (χ1n) is 6.24. The normalized spacial score (nSPS) is 12.2. The lowest BCUT2D eigenvalue weighted by molar-refractivity contribution is -0.116. The summed E-state index contributed by atoms with van der Waals surface area (Å²) >= 11 is 1.46. The van der Waals surface area contributed by atoms with Crippen LogP contribution in [0.4, 0.5) is 15.8 Å². The Morgan fingerprint density at radius 1 is 1.50 bits per heavy atom. The number of nitrogens with one attached hydrogen (secondary N) is 1. The summed E-state index contributed by atoms with van der Waals surface area (Å²) in [6.45, 7) is -0.262. The first-order valence-corrected chi connectivity index (χ1v) is 7.40. The highest BCUT2D eigenvalue weighted by Crippen LogP contribution is 2.18. The standard InChI is InChI=1S/C13H19FN2O3S/c14-11-4-3-9(15)6-12(11)16-13(19)2-1-5-20-8-10(18)7-17/h3-4,6,10,17-18H,1-2,5,7-8,15H2,(H,16,19). The zero-order valence-electron chi connectivity index (χ0n) is 11.0. The van der Waals surface area contributed by atoms with Crippen molar-refractivity contribution < 1.29 is 19.4 Å². The molecule has 1 amide bonds. The van der Waals surface area contributed by atoms with Gasteiger partial charge in [-0.2, -0.15) is 11.8 Å².